The Morgan fingerprint density at radius 3 is 2.62 bits per heavy atom. The van der Waals surface area contributed by atoms with E-state index in [0.717, 1.165) is 19.5 Å². The van der Waals surface area contributed by atoms with Crippen molar-refractivity contribution in [2.24, 2.45) is 0 Å². The smallest absolute Gasteiger partial charge is 0.251 e. The fourth-order valence-corrected chi connectivity index (χ4v) is 1.91. The number of hydrogen-bond donors (Lipinski definition) is 1. The molecule has 0 aromatic rings. The van der Waals surface area contributed by atoms with Crippen LogP contribution in [0.3, 0.4) is 0 Å². The van der Waals surface area contributed by atoms with Gasteiger partial charge in [0.15, 0.2) is 0 Å². The lowest BCUT2D eigenvalue weighted by Crippen LogP contribution is -2.35. The molecule has 1 saturated carbocycles. The van der Waals surface area contributed by atoms with Crippen LogP contribution in [-0.4, -0.2) is 43.0 Å². The molecule has 1 N–H and O–H groups in total. The second-order valence-electron chi connectivity index (χ2n) is 4.08. The Kier molecular flexibility index (Phi) is 2.79. The molecule has 2 rings (SSSR count). The molecule has 4 heteroatoms. The highest BCUT2D eigenvalue weighted by molar-refractivity contribution is 4.89. The van der Waals surface area contributed by atoms with E-state index in [0.29, 0.717) is 12.1 Å². The molecular formula is C9H16F2N2. The molecule has 0 aromatic heterocycles. The molecule has 76 valence electrons. The van der Waals surface area contributed by atoms with Crippen molar-refractivity contribution < 1.29 is 8.78 Å². The van der Waals surface area contributed by atoms with Gasteiger partial charge in [-0.25, -0.2) is 8.78 Å². The minimum Gasteiger partial charge on any atom is -0.310 e. The molecule has 13 heavy (non-hydrogen) atoms. The summed E-state index contributed by atoms with van der Waals surface area (Å²) in [5, 5.41) is 3.47. The maximum Gasteiger partial charge on any atom is 0.251 e. The minimum absolute atomic E-state index is 0.0527. The highest BCUT2D eigenvalue weighted by Crippen LogP contribution is 2.22. The number of rotatable bonds is 4. The van der Waals surface area contributed by atoms with Crippen LogP contribution in [0.1, 0.15) is 19.3 Å². The zero-order valence-corrected chi connectivity index (χ0v) is 7.68. The van der Waals surface area contributed by atoms with Gasteiger partial charge in [0.05, 0.1) is 6.54 Å². The standard InChI is InChI=1S/C9H16F2N2/c10-9(11)6-13-4-3-8(5-13)12-7-1-2-7/h7-9,12H,1-6H2. The Labute approximate surface area is 77.3 Å². The fraction of sp³-hybridized carbons (Fsp3) is 1.00. The molecule has 0 aromatic carbocycles. The van der Waals surface area contributed by atoms with E-state index in [2.05, 4.69) is 5.32 Å². The lowest BCUT2D eigenvalue weighted by molar-refractivity contribution is 0.0986. The molecule has 2 fully saturated rings. The van der Waals surface area contributed by atoms with Gasteiger partial charge in [-0.2, -0.15) is 0 Å². The predicted molar refractivity (Wildman–Crippen MR) is 47.0 cm³/mol. The van der Waals surface area contributed by atoms with Crippen molar-refractivity contribution in [3.05, 3.63) is 0 Å². The fourth-order valence-electron chi connectivity index (χ4n) is 1.91. The Balaban J connectivity index is 1.67. The van der Waals surface area contributed by atoms with Crippen molar-refractivity contribution in [2.45, 2.75) is 37.8 Å². The number of halogens is 2. The van der Waals surface area contributed by atoms with Gasteiger partial charge in [0.1, 0.15) is 0 Å². The average Bonchev–Trinajstić information content (AvgIpc) is 2.73. The third-order valence-corrected chi connectivity index (χ3v) is 2.72. The van der Waals surface area contributed by atoms with E-state index < -0.39 is 6.43 Å². The number of nitrogens with one attached hydrogen (secondary N) is 1. The lowest BCUT2D eigenvalue weighted by Gasteiger charge is -2.15. The van der Waals surface area contributed by atoms with Crippen LogP contribution in [0.15, 0.2) is 0 Å². The van der Waals surface area contributed by atoms with E-state index in [4.69, 9.17) is 0 Å². The SMILES string of the molecule is FC(F)CN1CCC(NC2CC2)C1. The number of alkyl halides is 2. The van der Waals surface area contributed by atoms with Gasteiger partial charge in [0.25, 0.3) is 6.43 Å². The topological polar surface area (TPSA) is 15.3 Å². The molecule has 1 saturated heterocycles. The van der Waals surface area contributed by atoms with Crippen molar-refractivity contribution in [2.75, 3.05) is 19.6 Å². The molecule has 1 atom stereocenters. The molecule has 0 spiro atoms. The third-order valence-electron chi connectivity index (χ3n) is 2.72. The van der Waals surface area contributed by atoms with E-state index >= 15 is 0 Å². The van der Waals surface area contributed by atoms with Crippen LogP contribution in [0.5, 0.6) is 0 Å². The molecule has 0 amide bonds. The summed E-state index contributed by atoms with van der Waals surface area (Å²) >= 11 is 0. The van der Waals surface area contributed by atoms with Crippen LogP contribution in [-0.2, 0) is 0 Å². The van der Waals surface area contributed by atoms with Crippen molar-refractivity contribution in [3.63, 3.8) is 0 Å². The van der Waals surface area contributed by atoms with E-state index in [1.807, 2.05) is 4.90 Å². The van der Waals surface area contributed by atoms with Gasteiger partial charge in [-0.1, -0.05) is 0 Å². The molecule has 1 aliphatic heterocycles. The maximum atomic E-state index is 12.0. The average molecular weight is 190 g/mol. The maximum absolute atomic E-state index is 12.0. The molecule has 2 aliphatic rings. The van der Waals surface area contributed by atoms with Crippen molar-refractivity contribution in [1.82, 2.24) is 10.2 Å². The highest BCUT2D eigenvalue weighted by Gasteiger charge is 2.29. The highest BCUT2D eigenvalue weighted by atomic mass is 19.3. The Morgan fingerprint density at radius 2 is 2.00 bits per heavy atom. The molecule has 0 bridgehead atoms. The lowest BCUT2D eigenvalue weighted by atomic mass is 10.2. The number of nitrogens with zero attached hydrogens (tertiary/aromatic N) is 1. The van der Waals surface area contributed by atoms with Crippen LogP contribution in [0.4, 0.5) is 8.78 Å². The van der Waals surface area contributed by atoms with Gasteiger partial charge in [-0.05, 0) is 25.8 Å². The van der Waals surface area contributed by atoms with Crippen LogP contribution in [0.25, 0.3) is 0 Å². The summed E-state index contributed by atoms with van der Waals surface area (Å²) in [6.45, 7) is 1.58. The largest absolute Gasteiger partial charge is 0.310 e. The minimum atomic E-state index is -2.18. The van der Waals surface area contributed by atoms with Gasteiger partial charge in [-0.15, -0.1) is 0 Å². The van der Waals surface area contributed by atoms with Gasteiger partial charge in [0.2, 0.25) is 0 Å². The van der Waals surface area contributed by atoms with Crippen LogP contribution >= 0.6 is 0 Å². The molecular weight excluding hydrogens is 174 g/mol. The van der Waals surface area contributed by atoms with Gasteiger partial charge in [-0.3, -0.25) is 4.90 Å². The first-order chi connectivity index (χ1) is 6.24. The molecule has 1 aliphatic carbocycles. The number of likely N-dealkylation sites (tertiary alicyclic amines) is 1. The second-order valence-corrected chi connectivity index (χ2v) is 4.08. The van der Waals surface area contributed by atoms with Crippen molar-refractivity contribution in [3.8, 4) is 0 Å². The summed E-state index contributed by atoms with van der Waals surface area (Å²) < 4.78 is 24.1. The second kappa shape index (κ2) is 3.88. The van der Waals surface area contributed by atoms with Gasteiger partial charge >= 0.3 is 0 Å². The summed E-state index contributed by atoms with van der Waals surface area (Å²) in [5.41, 5.74) is 0. The first kappa shape index (κ1) is 9.34. The van der Waals surface area contributed by atoms with E-state index in [1.165, 1.54) is 12.8 Å². The van der Waals surface area contributed by atoms with E-state index in [9.17, 15) is 8.78 Å². The van der Waals surface area contributed by atoms with Gasteiger partial charge < -0.3 is 5.32 Å². The van der Waals surface area contributed by atoms with Gasteiger partial charge in [0, 0.05) is 18.6 Å². The Hall–Kier alpha value is -0.220. The zero-order chi connectivity index (χ0) is 9.26. The summed E-state index contributed by atoms with van der Waals surface area (Å²) in [6, 6.07) is 1.16. The number of hydrogen-bond acceptors (Lipinski definition) is 2. The molecule has 2 nitrogen and oxygen atoms in total. The molecule has 1 unspecified atom stereocenters. The van der Waals surface area contributed by atoms with E-state index in [-0.39, 0.29) is 6.54 Å². The Bertz CT molecular complexity index is 161. The quantitative estimate of drug-likeness (QED) is 0.713. The first-order valence-electron chi connectivity index (χ1n) is 5.00. The van der Waals surface area contributed by atoms with Crippen LogP contribution in [0.2, 0.25) is 0 Å². The summed E-state index contributed by atoms with van der Waals surface area (Å²) in [4.78, 5) is 1.85. The predicted octanol–water partition coefficient (Wildman–Crippen LogP) is 1.08. The van der Waals surface area contributed by atoms with E-state index in [1.54, 1.807) is 0 Å². The van der Waals surface area contributed by atoms with Crippen LogP contribution in [0, 0.1) is 0 Å². The summed E-state index contributed by atoms with van der Waals surface area (Å²) in [5.74, 6) is 0. The van der Waals surface area contributed by atoms with Crippen LogP contribution < -0.4 is 5.32 Å². The molecule has 0 radical (unpaired) electrons. The monoisotopic (exact) mass is 190 g/mol. The molecule has 1 heterocycles. The summed E-state index contributed by atoms with van der Waals surface area (Å²) in [6.07, 6.45) is 1.39. The Morgan fingerprint density at radius 1 is 1.23 bits per heavy atom. The van der Waals surface area contributed by atoms with Crippen molar-refractivity contribution >= 4 is 0 Å². The zero-order valence-electron chi connectivity index (χ0n) is 7.68. The van der Waals surface area contributed by atoms with Crippen molar-refractivity contribution in [1.29, 1.82) is 0 Å². The third kappa shape index (κ3) is 2.88. The first-order valence-corrected chi connectivity index (χ1v) is 5.00. The normalized spacial score (nSPS) is 30.2. The summed E-state index contributed by atoms with van der Waals surface area (Å²) in [7, 11) is 0.